The number of amides is 2. The van der Waals surface area contributed by atoms with Crippen LogP contribution in [0.25, 0.3) is 0 Å². The zero-order valence-electron chi connectivity index (χ0n) is 14.7. The fraction of sp³-hybridized carbons (Fsp3) is 0.353. The van der Waals surface area contributed by atoms with Crippen molar-refractivity contribution in [3.63, 3.8) is 0 Å². The van der Waals surface area contributed by atoms with Crippen LogP contribution in [0.2, 0.25) is 5.02 Å². The van der Waals surface area contributed by atoms with Gasteiger partial charge in [-0.1, -0.05) is 11.6 Å². The average Bonchev–Trinajstić information content (AvgIpc) is 3.20. The fourth-order valence-electron chi connectivity index (χ4n) is 2.88. The van der Waals surface area contributed by atoms with Crippen molar-refractivity contribution in [1.82, 2.24) is 9.78 Å². The van der Waals surface area contributed by atoms with Gasteiger partial charge >= 0.3 is 0 Å². The van der Waals surface area contributed by atoms with Gasteiger partial charge in [0.15, 0.2) is 5.82 Å². The number of ether oxygens (including phenoxy) is 2. The van der Waals surface area contributed by atoms with Crippen LogP contribution in [0.5, 0.6) is 11.5 Å². The van der Waals surface area contributed by atoms with Gasteiger partial charge in [0.2, 0.25) is 11.8 Å². The van der Waals surface area contributed by atoms with E-state index in [-0.39, 0.29) is 24.8 Å². The molecule has 1 aliphatic rings. The third kappa shape index (κ3) is 3.45. The van der Waals surface area contributed by atoms with Gasteiger partial charge in [-0.25, -0.2) is 0 Å². The van der Waals surface area contributed by atoms with Crippen molar-refractivity contribution >= 4 is 34.9 Å². The summed E-state index contributed by atoms with van der Waals surface area (Å²) in [4.78, 5) is 26.4. The highest BCUT2D eigenvalue weighted by Crippen LogP contribution is 2.40. The molecule has 2 amide bonds. The number of anilines is 2. The van der Waals surface area contributed by atoms with Crippen LogP contribution >= 0.6 is 11.6 Å². The van der Waals surface area contributed by atoms with Crippen molar-refractivity contribution in [2.75, 3.05) is 31.0 Å². The van der Waals surface area contributed by atoms with Crippen molar-refractivity contribution in [3.05, 3.63) is 29.4 Å². The second-order valence-corrected chi connectivity index (χ2v) is 6.34. The first kappa shape index (κ1) is 18.1. The van der Waals surface area contributed by atoms with Crippen molar-refractivity contribution in [2.24, 2.45) is 13.0 Å². The number of benzene rings is 1. The van der Waals surface area contributed by atoms with E-state index in [9.17, 15) is 9.59 Å². The SMILES string of the molecule is COc1cc(OC)c(N2C[C@H](C(=O)Nc3ccn(C)n3)CC2=O)cc1Cl. The molecule has 26 heavy (non-hydrogen) atoms. The minimum atomic E-state index is -0.491. The Morgan fingerprint density at radius 2 is 2.04 bits per heavy atom. The molecule has 8 nitrogen and oxygen atoms in total. The van der Waals surface area contributed by atoms with Crippen LogP contribution in [0, 0.1) is 5.92 Å². The number of methoxy groups -OCH3 is 2. The van der Waals surface area contributed by atoms with Gasteiger partial charge in [-0.15, -0.1) is 0 Å². The van der Waals surface area contributed by atoms with Gasteiger partial charge < -0.3 is 19.7 Å². The normalized spacial score (nSPS) is 16.7. The number of rotatable bonds is 5. The number of nitrogens with one attached hydrogen (secondary N) is 1. The third-order valence-corrected chi connectivity index (χ3v) is 4.50. The summed E-state index contributed by atoms with van der Waals surface area (Å²) in [7, 11) is 4.76. The quantitative estimate of drug-likeness (QED) is 0.860. The molecule has 0 saturated carbocycles. The predicted octanol–water partition coefficient (Wildman–Crippen LogP) is 2.08. The molecular weight excluding hydrogens is 360 g/mol. The number of halogens is 1. The van der Waals surface area contributed by atoms with Crippen molar-refractivity contribution in [2.45, 2.75) is 6.42 Å². The second kappa shape index (κ2) is 7.25. The molecule has 1 aromatic carbocycles. The maximum absolute atomic E-state index is 12.5. The highest BCUT2D eigenvalue weighted by Gasteiger charge is 2.37. The Balaban J connectivity index is 1.79. The Kier molecular flexibility index (Phi) is 5.03. The Labute approximate surface area is 155 Å². The van der Waals surface area contributed by atoms with Gasteiger partial charge in [-0.3, -0.25) is 14.3 Å². The molecular formula is C17H19ClN4O4. The Morgan fingerprint density at radius 3 is 2.65 bits per heavy atom. The fourth-order valence-corrected chi connectivity index (χ4v) is 3.12. The molecule has 1 fully saturated rings. The number of aromatic nitrogens is 2. The zero-order valence-corrected chi connectivity index (χ0v) is 15.4. The van der Waals surface area contributed by atoms with Crippen molar-refractivity contribution in [1.29, 1.82) is 0 Å². The largest absolute Gasteiger partial charge is 0.495 e. The highest BCUT2D eigenvalue weighted by molar-refractivity contribution is 6.32. The Bertz CT molecular complexity index is 851. The Hall–Kier alpha value is -2.74. The zero-order chi connectivity index (χ0) is 18.8. The van der Waals surface area contributed by atoms with Crippen LogP contribution in [0.1, 0.15) is 6.42 Å². The lowest BCUT2D eigenvalue weighted by Gasteiger charge is -2.20. The molecule has 0 aliphatic carbocycles. The van der Waals surface area contributed by atoms with E-state index in [0.717, 1.165) is 0 Å². The lowest BCUT2D eigenvalue weighted by atomic mass is 10.1. The first-order chi connectivity index (χ1) is 12.4. The topological polar surface area (TPSA) is 85.7 Å². The summed E-state index contributed by atoms with van der Waals surface area (Å²) in [6, 6.07) is 4.92. The number of nitrogens with zero attached hydrogens (tertiary/aromatic N) is 3. The van der Waals surface area contributed by atoms with Gasteiger partial charge in [0.25, 0.3) is 0 Å². The van der Waals surface area contributed by atoms with E-state index in [1.807, 2.05) is 0 Å². The average molecular weight is 379 g/mol. The van der Waals surface area contributed by atoms with E-state index in [2.05, 4.69) is 10.4 Å². The molecule has 0 spiro atoms. The van der Waals surface area contributed by atoms with Gasteiger partial charge in [-0.05, 0) is 6.07 Å². The van der Waals surface area contributed by atoms with E-state index in [1.165, 1.54) is 19.1 Å². The molecule has 0 unspecified atom stereocenters. The summed E-state index contributed by atoms with van der Waals surface area (Å²) in [5.74, 6) is 0.432. The molecule has 2 heterocycles. The van der Waals surface area contributed by atoms with Crippen LogP contribution in [0.15, 0.2) is 24.4 Å². The summed E-state index contributed by atoms with van der Waals surface area (Å²) in [6.45, 7) is 0.233. The van der Waals surface area contributed by atoms with E-state index < -0.39 is 5.92 Å². The lowest BCUT2D eigenvalue weighted by molar-refractivity contribution is -0.122. The predicted molar refractivity (Wildman–Crippen MR) is 96.9 cm³/mol. The minimum absolute atomic E-state index is 0.103. The van der Waals surface area contributed by atoms with Crippen LogP contribution < -0.4 is 19.7 Å². The molecule has 1 saturated heterocycles. The van der Waals surface area contributed by atoms with E-state index in [1.54, 1.807) is 36.1 Å². The number of carbonyl (C=O) groups excluding carboxylic acids is 2. The van der Waals surface area contributed by atoms with Crippen LogP contribution in [-0.4, -0.2) is 42.4 Å². The van der Waals surface area contributed by atoms with Crippen molar-refractivity contribution < 1.29 is 19.1 Å². The smallest absolute Gasteiger partial charge is 0.231 e. The molecule has 138 valence electrons. The minimum Gasteiger partial charge on any atom is -0.495 e. The molecule has 3 rings (SSSR count). The maximum Gasteiger partial charge on any atom is 0.231 e. The van der Waals surface area contributed by atoms with Crippen molar-refractivity contribution in [3.8, 4) is 11.5 Å². The van der Waals surface area contributed by atoms with E-state index in [4.69, 9.17) is 21.1 Å². The van der Waals surface area contributed by atoms with Crippen LogP contribution in [0.4, 0.5) is 11.5 Å². The third-order valence-electron chi connectivity index (χ3n) is 4.20. The number of hydrogen-bond donors (Lipinski definition) is 1. The summed E-state index contributed by atoms with van der Waals surface area (Å²) < 4.78 is 12.1. The van der Waals surface area contributed by atoms with Gasteiger partial charge in [0.1, 0.15) is 11.5 Å². The van der Waals surface area contributed by atoms with Gasteiger partial charge in [-0.2, -0.15) is 5.10 Å². The number of carbonyl (C=O) groups is 2. The molecule has 9 heteroatoms. The standard InChI is InChI=1S/C17H19ClN4O4/c1-21-5-4-15(20-21)19-17(24)10-6-16(23)22(9-10)12-7-11(18)13(25-2)8-14(12)26-3/h4-5,7-8,10H,6,9H2,1-3H3,(H,19,20,24)/t10-/m1/s1. The van der Waals surface area contributed by atoms with Crippen LogP contribution in [0.3, 0.4) is 0 Å². The molecule has 1 aliphatic heterocycles. The van der Waals surface area contributed by atoms with Gasteiger partial charge in [0.05, 0.1) is 30.8 Å². The second-order valence-electron chi connectivity index (χ2n) is 5.93. The molecule has 1 N–H and O–H groups in total. The molecule has 0 radical (unpaired) electrons. The summed E-state index contributed by atoms with van der Waals surface area (Å²) >= 11 is 6.18. The van der Waals surface area contributed by atoms with Crippen LogP contribution in [-0.2, 0) is 16.6 Å². The monoisotopic (exact) mass is 378 g/mol. The molecule has 2 aromatic rings. The number of aryl methyl sites for hydroxylation is 1. The first-order valence-electron chi connectivity index (χ1n) is 7.95. The highest BCUT2D eigenvalue weighted by atomic mass is 35.5. The Morgan fingerprint density at radius 1 is 1.31 bits per heavy atom. The first-order valence-corrected chi connectivity index (χ1v) is 8.33. The van der Waals surface area contributed by atoms with E-state index in [0.29, 0.717) is 28.0 Å². The lowest BCUT2D eigenvalue weighted by Crippen LogP contribution is -2.28. The van der Waals surface area contributed by atoms with E-state index >= 15 is 0 Å². The molecule has 1 aromatic heterocycles. The van der Waals surface area contributed by atoms with Gasteiger partial charge in [0, 0.05) is 38.3 Å². The number of hydrogen-bond acceptors (Lipinski definition) is 5. The summed E-state index contributed by atoms with van der Waals surface area (Å²) in [5, 5.41) is 7.20. The maximum atomic E-state index is 12.5. The molecule has 0 bridgehead atoms. The summed E-state index contributed by atoms with van der Waals surface area (Å²) in [5.41, 5.74) is 0.511. The summed E-state index contributed by atoms with van der Waals surface area (Å²) in [6.07, 6.45) is 1.83. The molecule has 1 atom stereocenters.